The van der Waals surface area contributed by atoms with Crippen molar-refractivity contribution in [3.8, 4) is 5.75 Å². The van der Waals surface area contributed by atoms with Gasteiger partial charge < -0.3 is 16.2 Å². The van der Waals surface area contributed by atoms with Crippen LogP contribution in [0.25, 0.3) is 4.85 Å². The van der Waals surface area contributed by atoms with Gasteiger partial charge in [0.15, 0.2) is 17.4 Å². The van der Waals surface area contributed by atoms with Gasteiger partial charge in [0.1, 0.15) is 17.3 Å². The number of aromatic hydroxyl groups is 1. The highest BCUT2D eigenvalue weighted by molar-refractivity contribution is 6.30. The molecule has 0 saturated heterocycles. The van der Waals surface area contributed by atoms with E-state index in [9.17, 15) is 14.7 Å². The molecule has 1 heterocycles. The lowest BCUT2D eigenvalue weighted by Crippen LogP contribution is -2.21. The second kappa shape index (κ2) is 9.02. The quantitative estimate of drug-likeness (QED) is 0.196. The van der Waals surface area contributed by atoms with Gasteiger partial charge in [0.05, 0.1) is 23.4 Å². The number of hydrogen-bond acceptors (Lipinski definition) is 8. The number of nitrogens with one attached hydrogen (secondary N) is 1. The molecule has 1 aliphatic carbocycles. The van der Waals surface area contributed by atoms with Crippen LogP contribution in [0.2, 0.25) is 0 Å². The van der Waals surface area contributed by atoms with Gasteiger partial charge in [0, 0.05) is 16.8 Å². The topological polar surface area (TPSA) is 134 Å². The fourth-order valence-corrected chi connectivity index (χ4v) is 4.23. The van der Waals surface area contributed by atoms with Crippen LogP contribution in [-0.2, 0) is 0 Å². The van der Waals surface area contributed by atoms with Crippen molar-refractivity contribution in [2.24, 2.45) is 10.2 Å². The number of carbonyl (C=O) groups excluding carboxylic acids is 2. The highest BCUT2D eigenvalue weighted by atomic mass is 16.3. The summed E-state index contributed by atoms with van der Waals surface area (Å²) in [5, 5.41) is 21.8. The fraction of sp³-hybridized carbons (Fsp3) is 0.0714. The maximum absolute atomic E-state index is 13.3. The minimum atomic E-state index is -0.528. The summed E-state index contributed by atoms with van der Waals surface area (Å²) in [5.41, 5.74) is 9.30. The minimum Gasteiger partial charge on any atom is -0.507 e. The Morgan fingerprint density at radius 3 is 2.30 bits per heavy atom. The van der Waals surface area contributed by atoms with E-state index in [-0.39, 0.29) is 56.7 Å². The Hall–Kier alpha value is -5.36. The van der Waals surface area contributed by atoms with Gasteiger partial charge in [-0.2, -0.15) is 0 Å². The Kier molecular flexibility index (Phi) is 5.70. The molecule has 0 unspecified atom stereocenters. The normalized spacial score (nSPS) is 12.2. The Balaban J connectivity index is 1.56. The zero-order chi connectivity index (χ0) is 26.3. The summed E-state index contributed by atoms with van der Waals surface area (Å²) >= 11 is 0. The monoisotopic (exact) mass is 488 g/mol. The number of anilines is 3. The summed E-state index contributed by atoms with van der Waals surface area (Å²) in [6.07, 6.45) is 0. The predicted molar refractivity (Wildman–Crippen MR) is 140 cm³/mol. The lowest BCUT2D eigenvalue weighted by molar-refractivity contribution is 0.0977. The first-order valence-electron chi connectivity index (χ1n) is 11.3. The van der Waals surface area contributed by atoms with Crippen molar-refractivity contribution in [1.29, 1.82) is 0 Å². The number of azo groups is 1. The first kappa shape index (κ1) is 23.4. The summed E-state index contributed by atoms with van der Waals surface area (Å²) in [5.74, 6) is -0.872. The third kappa shape index (κ3) is 3.96. The molecule has 180 valence electrons. The summed E-state index contributed by atoms with van der Waals surface area (Å²) in [7, 11) is 0. The summed E-state index contributed by atoms with van der Waals surface area (Å²) in [4.78, 5) is 34.2. The van der Waals surface area contributed by atoms with Gasteiger partial charge >= 0.3 is 0 Å². The molecule has 9 nitrogen and oxygen atoms in total. The number of ketones is 2. The molecular formula is C28H20N6O3. The van der Waals surface area contributed by atoms with Crippen molar-refractivity contribution in [2.45, 2.75) is 13.8 Å². The second-order valence-corrected chi connectivity index (χ2v) is 8.53. The van der Waals surface area contributed by atoms with Crippen LogP contribution in [0.3, 0.4) is 0 Å². The summed E-state index contributed by atoms with van der Waals surface area (Å²) in [6, 6.07) is 16.7. The van der Waals surface area contributed by atoms with E-state index < -0.39 is 11.6 Å². The molecule has 0 aliphatic heterocycles. The molecule has 1 aliphatic rings. The lowest BCUT2D eigenvalue weighted by Gasteiger charge is -2.19. The molecule has 0 spiro atoms. The molecule has 0 saturated carbocycles. The average Bonchev–Trinajstić information content (AvgIpc) is 2.88. The second-order valence-electron chi connectivity index (χ2n) is 8.53. The van der Waals surface area contributed by atoms with E-state index in [0.29, 0.717) is 5.56 Å². The van der Waals surface area contributed by atoms with Crippen LogP contribution in [0.5, 0.6) is 5.75 Å². The highest BCUT2D eigenvalue weighted by Crippen LogP contribution is 2.41. The Labute approximate surface area is 212 Å². The zero-order valence-electron chi connectivity index (χ0n) is 19.9. The maximum Gasteiger partial charge on any atom is 0.233 e. The van der Waals surface area contributed by atoms with Crippen molar-refractivity contribution >= 4 is 46.0 Å². The number of hydrogen-bond donors (Lipinski definition) is 3. The molecule has 37 heavy (non-hydrogen) atoms. The largest absolute Gasteiger partial charge is 0.507 e. The molecule has 5 rings (SSSR count). The van der Waals surface area contributed by atoms with Gasteiger partial charge in [-0.1, -0.05) is 42.0 Å². The molecule has 0 fully saturated rings. The molecule has 0 amide bonds. The number of phenols is 1. The van der Waals surface area contributed by atoms with Crippen molar-refractivity contribution < 1.29 is 14.7 Å². The number of nitrogens with two attached hydrogens (primary N) is 1. The predicted octanol–water partition coefficient (Wildman–Crippen LogP) is 6.47. The minimum absolute atomic E-state index is 0.0393. The number of aryl methyl sites for hydroxylation is 1. The summed E-state index contributed by atoms with van der Waals surface area (Å²) in [6.45, 7) is 11.3. The standard InChI is InChI=1S/C28H20N6O3/c1-14-10-12-16(13-11-14)31-28-24(30-3)15(2)23(27(29)32-28)34-33-19-8-4-6-17-21(19)26(37)22-18(25(17)36)7-5-9-20(22)35/h4-13,35H,1-2H3,(H3,29,31,32). The van der Waals surface area contributed by atoms with Gasteiger partial charge in [-0.25, -0.2) is 9.83 Å². The van der Waals surface area contributed by atoms with Crippen molar-refractivity contribution in [2.75, 3.05) is 11.1 Å². The molecule has 1 aromatic heterocycles. The smallest absolute Gasteiger partial charge is 0.233 e. The zero-order valence-corrected chi connectivity index (χ0v) is 19.9. The van der Waals surface area contributed by atoms with Crippen LogP contribution in [0, 0.1) is 20.4 Å². The van der Waals surface area contributed by atoms with E-state index in [1.807, 2.05) is 31.2 Å². The van der Waals surface area contributed by atoms with Crippen LogP contribution < -0.4 is 11.1 Å². The third-order valence-corrected chi connectivity index (χ3v) is 6.12. The number of rotatable bonds is 4. The molecule has 9 heteroatoms. The van der Waals surface area contributed by atoms with Gasteiger partial charge in [-0.15, -0.1) is 10.2 Å². The third-order valence-electron chi connectivity index (χ3n) is 6.12. The van der Waals surface area contributed by atoms with E-state index in [0.717, 1.165) is 11.3 Å². The number of aromatic nitrogens is 1. The van der Waals surface area contributed by atoms with Crippen molar-refractivity contribution in [1.82, 2.24) is 4.98 Å². The lowest BCUT2D eigenvalue weighted by atomic mass is 9.83. The van der Waals surface area contributed by atoms with E-state index in [1.165, 1.54) is 24.3 Å². The Bertz CT molecular complexity index is 1680. The molecule has 4 N–H and O–H groups in total. The van der Waals surface area contributed by atoms with Crippen molar-refractivity contribution in [3.63, 3.8) is 0 Å². The number of fused-ring (bicyclic) bond motifs is 2. The van der Waals surface area contributed by atoms with Crippen LogP contribution in [0.15, 0.2) is 70.9 Å². The van der Waals surface area contributed by atoms with Gasteiger partial charge in [0.25, 0.3) is 0 Å². The number of benzene rings is 3. The van der Waals surface area contributed by atoms with Crippen LogP contribution in [-0.4, -0.2) is 21.7 Å². The van der Waals surface area contributed by atoms with E-state index in [4.69, 9.17) is 12.3 Å². The maximum atomic E-state index is 13.3. The Morgan fingerprint density at radius 1 is 0.919 bits per heavy atom. The molecule has 0 atom stereocenters. The SMILES string of the molecule is [C-]#[N+]c1c(Nc2ccc(C)cc2)nc(N)c(N=Nc2cccc3c2C(=O)c2c(O)cccc2C3=O)c1C. The first-order valence-corrected chi connectivity index (χ1v) is 11.3. The molecule has 0 radical (unpaired) electrons. The number of phenolic OH excluding ortho intramolecular Hbond substituents is 1. The van der Waals surface area contributed by atoms with E-state index >= 15 is 0 Å². The Morgan fingerprint density at radius 2 is 1.59 bits per heavy atom. The number of nitrogen functional groups attached to an aromatic ring is 1. The first-order chi connectivity index (χ1) is 17.8. The van der Waals surface area contributed by atoms with E-state index in [2.05, 4.69) is 25.4 Å². The van der Waals surface area contributed by atoms with Crippen LogP contribution in [0.1, 0.15) is 43.0 Å². The fourth-order valence-electron chi connectivity index (χ4n) is 4.23. The molecule has 3 aromatic carbocycles. The van der Waals surface area contributed by atoms with Gasteiger partial charge in [-0.05, 0) is 43.7 Å². The number of nitrogens with zero attached hydrogens (tertiary/aromatic N) is 4. The molecule has 0 bridgehead atoms. The molecular weight excluding hydrogens is 468 g/mol. The van der Waals surface area contributed by atoms with Crippen molar-refractivity contribution in [3.05, 3.63) is 105 Å². The van der Waals surface area contributed by atoms with Gasteiger partial charge in [-0.3, -0.25) is 9.59 Å². The van der Waals surface area contributed by atoms with Crippen LogP contribution >= 0.6 is 0 Å². The average molecular weight is 489 g/mol. The number of carbonyl (C=O) groups is 2. The van der Waals surface area contributed by atoms with Crippen LogP contribution in [0.4, 0.5) is 34.4 Å². The van der Waals surface area contributed by atoms with E-state index in [1.54, 1.807) is 19.1 Å². The number of pyridine rings is 1. The molecule has 4 aromatic rings. The van der Waals surface area contributed by atoms with Gasteiger partial charge in [0.2, 0.25) is 5.69 Å². The highest BCUT2D eigenvalue weighted by Gasteiger charge is 2.33. The summed E-state index contributed by atoms with van der Waals surface area (Å²) < 4.78 is 0.